The zero-order valence-corrected chi connectivity index (χ0v) is 65.0. The lowest BCUT2D eigenvalue weighted by atomic mass is 10.0. The maximum Gasteiger partial charge on any atom is 0.472 e. The highest BCUT2D eigenvalue weighted by Crippen LogP contribution is 2.45. The van der Waals surface area contributed by atoms with Crippen molar-refractivity contribution >= 4 is 39.5 Å². The lowest BCUT2D eigenvalue weighted by Crippen LogP contribution is -2.30. The zero-order chi connectivity index (χ0) is 71.2. The van der Waals surface area contributed by atoms with Gasteiger partial charge < -0.3 is 33.8 Å². The van der Waals surface area contributed by atoms with Crippen molar-refractivity contribution in [2.24, 2.45) is 5.92 Å². The quantitative estimate of drug-likeness (QED) is 0.0222. The van der Waals surface area contributed by atoms with E-state index in [1.54, 1.807) is 0 Å². The average Bonchev–Trinajstić information content (AvgIpc) is 1.79. The van der Waals surface area contributed by atoms with Gasteiger partial charge in [0.05, 0.1) is 26.4 Å². The van der Waals surface area contributed by atoms with Gasteiger partial charge in [-0.1, -0.05) is 362 Å². The summed E-state index contributed by atoms with van der Waals surface area (Å²) in [4.78, 5) is 72.9. The molecule has 0 saturated heterocycles. The monoisotopic (exact) mass is 1420 g/mol. The number of hydrogen-bond acceptors (Lipinski definition) is 15. The third-order valence-electron chi connectivity index (χ3n) is 18.3. The molecule has 0 aliphatic carbocycles. The Kier molecular flexibility index (Phi) is 69.6. The van der Waals surface area contributed by atoms with Gasteiger partial charge in [-0.3, -0.25) is 37.3 Å². The van der Waals surface area contributed by atoms with Crippen LogP contribution in [0, 0.1) is 5.92 Å². The van der Waals surface area contributed by atoms with Crippen LogP contribution in [0.4, 0.5) is 0 Å². The Balaban J connectivity index is 5.23. The molecule has 17 nitrogen and oxygen atoms in total. The van der Waals surface area contributed by atoms with E-state index in [1.165, 1.54) is 238 Å². The highest BCUT2D eigenvalue weighted by Gasteiger charge is 2.30. The van der Waals surface area contributed by atoms with Crippen LogP contribution in [-0.2, 0) is 65.4 Å². The van der Waals surface area contributed by atoms with Crippen molar-refractivity contribution < 1.29 is 80.2 Å². The van der Waals surface area contributed by atoms with Gasteiger partial charge in [0.2, 0.25) is 0 Å². The number of hydrogen-bond donors (Lipinski definition) is 3. The molecular weight excluding hydrogens is 1270 g/mol. The third kappa shape index (κ3) is 72.2. The lowest BCUT2D eigenvalue weighted by molar-refractivity contribution is -0.161. The first-order valence-corrected chi connectivity index (χ1v) is 43.6. The molecule has 97 heavy (non-hydrogen) atoms. The van der Waals surface area contributed by atoms with Crippen LogP contribution in [0.5, 0.6) is 0 Å². The van der Waals surface area contributed by atoms with Gasteiger partial charge in [-0.25, -0.2) is 9.13 Å². The minimum absolute atomic E-state index is 0.108. The molecule has 5 atom stereocenters. The number of unbranched alkanes of at least 4 members (excludes halogenated alkanes) is 50. The summed E-state index contributed by atoms with van der Waals surface area (Å²) in [7, 11) is -9.91. The van der Waals surface area contributed by atoms with E-state index in [9.17, 15) is 43.2 Å². The third-order valence-corrected chi connectivity index (χ3v) is 20.2. The topological polar surface area (TPSA) is 237 Å². The van der Waals surface area contributed by atoms with Crippen LogP contribution in [0.1, 0.15) is 413 Å². The predicted molar refractivity (Wildman–Crippen MR) is 395 cm³/mol. The summed E-state index contributed by atoms with van der Waals surface area (Å²) in [6.45, 7) is 7.33. The maximum absolute atomic E-state index is 13.1. The summed E-state index contributed by atoms with van der Waals surface area (Å²) < 4.78 is 68.6. The van der Waals surface area contributed by atoms with Gasteiger partial charge in [0.25, 0.3) is 0 Å². The second-order valence-corrected chi connectivity index (χ2v) is 31.5. The van der Waals surface area contributed by atoms with Crippen molar-refractivity contribution in [1.29, 1.82) is 0 Å². The molecule has 2 unspecified atom stereocenters. The number of aliphatic hydroxyl groups is 1. The Morgan fingerprint density at radius 3 is 0.701 bits per heavy atom. The molecule has 0 rings (SSSR count). The summed E-state index contributed by atoms with van der Waals surface area (Å²) in [6.07, 6.45) is 60.9. The molecule has 0 radical (unpaired) electrons. The maximum atomic E-state index is 13.1. The molecular formula is C78H152O17P2. The number of carbonyl (C=O) groups excluding carboxylic acids is 4. The minimum atomic E-state index is -4.96. The summed E-state index contributed by atoms with van der Waals surface area (Å²) in [5, 5.41) is 10.6. The van der Waals surface area contributed by atoms with Crippen molar-refractivity contribution in [3.63, 3.8) is 0 Å². The van der Waals surface area contributed by atoms with E-state index in [0.717, 1.165) is 95.8 Å². The van der Waals surface area contributed by atoms with Crippen molar-refractivity contribution in [3.05, 3.63) is 0 Å². The molecule has 0 aromatic heterocycles. The predicted octanol–water partition coefficient (Wildman–Crippen LogP) is 23.3. The van der Waals surface area contributed by atoms with Gasteiger partial charge in [0.15, 0.2) is 12.2 Å². The first-order valence-electron chi connectivity index (χ1n) is 40.6. The summed E-state index contributed by atoms with van der Waals surface area (Å²) in [5.74, 6) is -1.31. The largest absolute Gasteiger partial charge is 0.472 e. The van der Waals surface area contributed by atoms with Crippen molar-refractivity contribution in [2.75, 3.05) is 39.6 Å². The van der Waals surface area contributed by atoms with Gasteiger partial charge in [-0.15, -0.1) is 0 Å². The van der Waals surface area contributed by atoms with Crippen molar-refractivity contribution in [1.82, 2.24) is 0 Å². The van der Waals surface area contributed by atoms with Crippen molar-refractivity contribution in [2.45, 2.75) is 432 Å². The van der Waals surface area contributed by atoms with Crippen LogP contribution in [0.25, 0.3) is 0 Å². The Morgan fingerprint density at radius 2 is 0.474 bits per heavy atom. The van der Waals surface area contributed by atoms with Crippen LogP contribution in [0.2, 0.25) is 0 Å². The van der Waals surface area contributed by atoms with Gasteiger partial charge >= 0.3 is 39.5 Å². The van der Waals surface area contributed by atoms with E-state index in [-0.39, 0.29) is 25.7 Å². The average molecular weight is 1420 g/mol. The standard InChI is InChI=1S/C78H152O17P2/c1-6-9-12-15-18-21-24-25-26-27-30-33-38-42-47-52-57-62-76(81)89-68-74(95-78(83)64-59-54-49-44-39-34-31-28-29-32-37-40-45-50-55-60-71(4)5)70-93-97(86,87)91-66-72(79)65-90-96(84,85)92-69-73(94-77(82)63-58-53-48-43-36-23-20-17-14-11-8-3)67-88-75(80)61-56-51-46-41-35-22-19-16-13-10-7-2/h71-74,79H,6-70H2,1-5H3,(H,84,85)(H,86,87)/t72-,73+,74+/m0/s1. The Labute approximate surface area is 594 Å². The van der Waals surface area contributed by atoms with Crippen LogP contribution in [0.15, 0.2) is 0 Å². The first kappa shape index (κ1) is 95.1. The van der Waals surface area contributed by atoms with E-state index < -0.39 is 97.5 Å². The van der Waals surface area contributed by atoms with Crippen molar-refractivity contribution in [3.8, 4) is 0 Å². The molecule has 0 amide bonds. The fraction of sp³-hybridized carbons (Fsp3) is 0.949. The van der Waals surface area contributed by atoms with Crippen LogP contribution < -0.4 is 0 Å². The van der Waals surface area contributed by atoms with Crippen LogP contribution in [-0.4, -0.2) is 96.7 Å². The second-order valence-electron chi connectivity index (χ2n) is 28.6. The SMILES string of the molecule is CCCCCCCCCCCCCCCCCCCC(=O)OC[C@H](COP(=O)(O)OC[C@@H](O)COP(=O)(O)OC[C@@H](COC(=O)CCCCCCCCCCCCC)OC(=O)CCCCCCCCCCCCC)OC(=O)CCCCCCCCCCCCCCCCCC(C)C. The van der Waals surface area contributed by atoms with E-state index in [2.05, 4.69) is 34.6 Å². The summed E-state index contributed by atoms with van der Waals surface area (Å²) in [5.41, 5.74) is 0. The van der Waals surface area contributed by atoms with Crippen LogP contribution in [0.3, 0.4) is 0 Å². The van der Waals surface area contributed by atoms with Gasteiger partial charge in [-0.2, -0.15) is 0 Å². The number of ether oxygens (including phenoxy) is 4. The highest BCUT2D eigenvalue weighted by molar-refractivity contribution is 7.47. The fourth-order valence-electron chi connectivity index (χ4n) is 12.1. The minimum Gasteiger partial charge on any atom is -0.462 e. The number of carbonyl (C=O) groups is 4. The van der Waals surface area contributed by atoms with Gasteiger partial charge in [0, 0.05) is 25.7 Å². The van der Waals surface area contributed by atoms with E-state index in [4.69, 9.17) is 37.0 Å². The normalized spacial score (nSPS) is 13.9. The van der Waals surface area contributed by atoms with Crippen LogP contribution >= 0.6 is 15.6 Å². The molecule has 19 heteroatoms. The first-order chi connectivity index (χ1) is 47.0. The molecule has 3 N–H and O–H groups in total. The molecule has 0 heterocycles. The number of aliphatic hydroxyl groups excluding tert-OH is 1. The second kappa shape index (κ2) is 71.1. The summed E-state index contributed by atoms with van der Waals surface area (Å²) >= 11 is 0. The summed E-state index contributed by atoms with van der Waals surface area (Å²) in [6, 6.07) is 0. The van der Waals surface area contributed by atoms with E-state index in [0.29, 0.717) is 25.7 Å². The Hall–Kier alpha value is -1.94. The molecule has 0 aliphatic rings. The smallest absolute Gasteiger partial charge is 0.462 e. The van der Waals surface area contributed by atoms with E-state index >= 15 is 0 Å². The molecule has 0 aromatic carbocycles. The molecule has 0 aromatic rings. The number of rotatable bonds is 78. The molecule has 0 spiro atoms. The van der Waals surface area contributed by atoms with E-state index in [1.807, 2.05) is 0 Å². The molecule has 0 fully saturated rings. The number of phosphoric acid groups is 2. The Morgan fingerprint density at radius 1 is 0.278 bits per heavy atom. The number of esters is 4. The fourth-order valence-corrected chi connectivity index (χ4v) is 13.6. The molecule has 0 aliphatic heterocycles. The number of phosphoric ester groups is 2. The van der Waals surface area contributed by atoms with Gasteiger partial charge in [-0.05, 0) is 31.6 Å². The highest BCUT2D eigenvalue weighted by atomic mass is 31.2. The molecule has 0 bridgehead atoms. The lowest BCUT2D eigenvalue weighted by Gasteiger charge is -2.21. The Bertz CT molecular complexity index is 1860. The molecule has 0 saturated carbocycles. The molecule has 576 valence electrons. The van der Waals surface area contributed by atoms with Gasteiger partial charge in [0.1, 0.15) is 19.3 Å². The zero-order valence-electron chi connectivity index (χ0n) is 63.2.